The van der Waals surface area contributed by atoms with Crippen LogP contribution in [0, 0.1) is 0 Å². The SMILES string of the molecule is CCOC(=O)c1ccc(NC(=O)COC(=O)c2ccc(O)cc2O)cc1. The first-order chi connectivity index (χ1) is 12.4. The number of aromatic hydroxyl groups is 2. The van der Waals surface area contributed by atoms with Gasteiger partial charge in [-0.2, -0.15) is 0 Å². The monoisotopic (exact) mass is 359 g/mol. The molecule has 0 heterocycles. The van der Waals surface area contributed by atoms with Gasteiger partial charge in [0.05, 0.1) is 12.2 Å². The average Bonchev–Trinajstić information content (AvgIpc) is 2.60. The molecule has 26 heavy (non-hydrogen) atoms. The molecule has 0 unspecified atom stereocenters. The van der Waals surface area contributed by atoms with Crippen molar-refractivity contribution in [3.8, 4) is 11.5 Å². The van der Waals surface area contributed by atoms with Gasteiger partial charge in [0.2, 0.25) is 0 Å². The average molecular weight is 359 g/mol. The van der Waals surface area contributed by atoms with Crippen molar-refractivity contribution in [2.45, 2.75) is 6.92 Å². The van der Waals surface area contributed by atoms with Crippen LogP contribution in [0.3, 0.4) is 0 Å². The maximum Gasteiger partial charge on any atom is 0.342 e. The minimum absolute atomic E-state index is 0.172. The molecule has 0 aliphatic rings. The van der Waals surface area contributed by atoms with Crippen molar-refractivity contribution in [1.82, 2.24) is 0 Å². The van der Waals surface area contributed by atoms with E-state index in [-0.39, 0.29) is 17.9 Å². The molecule has 0 atom stereocenters. The van der Waals surface area contributed by atoms with Crippen LogP contribution in [-0.2, 0) is 14.3 Å². The number of carbonyl (C=O) groups excluding carboxylic acids is 3. The maximum atomic E-state index is 11.8. The fraction of sp³-hybridized carbons (Fsp3) is 0.167. The molecule has 0 fully saturated rings. The van der Waals surface area contributed by atoms with Crippen molar-refractivity contribution in [1.29, 1.82) is 0 Å². The standard InChI is InChI=1S/C18H17NO7/c1-2-25-17(23)11-3-5-12(6-4-11)19-16(22)10-26-18(24)14-8-7-13(20)9-15(14)21/h3-9,20-21H,2,10H2,1H3,(H,19,22). The summed E-state index contributed by atoms with van der Waals surface area (Å²) in [6.45, 7) is 1.39. The molecule has 8 nitrogen and oxygen atoms in total. The summed E-state index contributed by atoms with van der Waals surface area (Å²) >= 11 is 0. The number of benzene rings is 2. The van der Waals surface area contributed by atoms with Crippen LogP contribution in [0.2, 0.25) is 0 Å². The molecule has 136 valence electrons. The summed E-state index contributed by atoms with van der Waals surface area (Å²) in [5.74, 6) is -2.63. The first-order valence-corrected chi connectivity index (χ1v) is 7.67. The summed E-state index contributed by atoms with van der Waals surface area (Å²) in [6, 6.07) is 9.39. The third-order valence-electron chi connectivity index (χ3n) is 3.22. The van der Waals surface area contributed by atoms with Gasteiger partial charge in [-0.1, -0.05) is 0 Å². The van der Waals surface area contributed by atoms with Crippen molar-refractivity contribution in [2.24, 2.45) is 0 Å². The summed E-state index contributed by atoms with van der Waals surface area (Å²) in [6.07, 6.45) is 0. The van der Waals surface area contributed by atoms with E-state index >= 15 is 0 Å². The lowest BCUT2D eigenvalue weighted by atomic mass is 10.2. The van der Waals surface area contributed by atoms with E-state index in [2.05, 4.69) is 5.32 Å². The summed E-state index contributed by atoms with van der Waals surface area (Å²) in [5.41, 5.74) is 0.583. The molecule has 0 saturated heterocycles. The van der Waals surface area contributed by atoms with E-state index in [0.717, 1.165) is 6.07 Å². The number of carbonyl (C=O) groups is 3. The van der Waals surface area contributed by atoms with Gasteiger partial charge < -0.3 is 25.0 Å². The van der Waals surface area contributed by atoms with Crippen molar-refractivity contribution in [2.75, 3.05) is 18.5 Å². The number of hydrogen-bond donors (Lipinski definition) is 3. The third kappa shape index (κ3) is 4.97. The van der Waals surface area contributed by atoms with Crippen LogP contribution in [0.1, 0.15) is 27.6 Å². The maximum absolute atomic E-state index is 11.8. The summed E-state index contributed by atoms with van der Waals surface area (Å²) in [5, 5.41) is 21.3. The molecule has 0 radical (unpaired) electrons. The largest absolute Gasteiger partial charge is 0.508 e. The molecule has 0 aliphatic heterocycles. The molecular weight excluding hydrogens is 342 g/mol. The van der Waals surface area contributed by atoms with Crippen LogP contribution in [-0.4, -0.2) is 41.3 Å². The molecule has 0 bridgehead atoms. The molecule has 2 rings (SSSR count). The normalized spacial score (nSPS) is 10.0. The van der Waals surface area contributed by atoms with Crippen molar-refractivity contribution in [3.05, 3.63) is 53.6 Å². The quantitative estimate of drug-likeness (QED) is 0.675. The Morgan fingerprint density at radius 3 is 2.27 bits per heavy atom. The van der Waals surface area contributed by atoms with Crippen LogP contribution >= 0.6 is 0 Å². The van der Waals surface area contributed by atoms with E-state index in [1.807, 2.05) is 0 Å². The Kier molecular flexibility index (Phi) is 6.15. The van der Waals surface area contributed by atoms with Gasteiger partial charge in [0, 0.05) is 11.8 Å². The van der Waals surface area contributed by atoms with E-state index < -0.39 is 30.2 Å². The second kappa shape index (κ2) is 8.52. The van der Waals surface area contributed by atoms with Crippen molar-refractivity contribution >= 4 is 23.5 Å². The Labute approximate surface area is 149 Å². The second-order valence-corrected chi connectivity index (χ2v) is 5.12. The van der Waals surface area contributed by atoms with Crippen LogP contribution in [0.25, 0.3) is 0 Å². The van der Waals surface area contributed by atoms with E-state index in [4.69, 9.17) is 9.47 Å². The van der Waals surface area contributed by atoms with Gasteiger partial charge in [0.25, 0.3) is 5.91 Å². The van der Waals surface area contributed by atoms with Gasteiger partial charge >= 0.3 is 11.9 Å². The summed E-state index contributed by atoms with van der Waals surface area (Å²) in [4.78, 5) is 35.2. The fourth-order valence-electron chi connectivity index (χ4n) is 2.00. The number of esters is 2. The molecule has 0 saturated carbocycles. The zero-order valence-electron chi connectivity index (χ0n) is 13.9. The molecule has 0 aromatic heterocycles. The fourth-order valence-corrected chi connectivity index (χ4v) is 2.00. The highest BCUT2D eigenvalue weighted by molar-refractivity contribution is 5.97. The highest BCUT2D eigenvalue weighted by Crippen LogP contribution is 2.23. The number of phenols is 2. The van der Waals surface area contributed by atoms with Gasteiger partial charge in [0.1, 0.15) is 17.1 Å². The van der Waals surface area contributed by atoms with Gasteiger partial charge in [-0.15, -0.1) is 0 Å². The Morgan fingerprint density at radius 1 is 0.962 bits per heavy atom. The van der Waals surface area contributed by atoms with Gasteiger partial charge in [-0.25, -0.2) is 9.59 Å². The highest BCUT2D eigenvalue weighted by atomic mass is 16.5. The number of hydrogen-bond acceptors (Lipinski definition) is 7. The number of amides is 1. The summed E-state index contributed by atoms with van der Waals surface area (Å²) in [7, 11) is 0. The molecule has 0 aliphatic carbocycles. The minimum Gasteiger partial charge on any atom is -0.508 e. The number of anilines is 1. The second-order valence-electron chi connectivity index (χ2n) is 5.12. The first-order valence-electron chi connectivity index (χ1n) is 7.67. The lowest BCUT2D eigenvalue weighted by molar-refractivity contribution is -0.119. The van der Waals surface area contributed by atoms with Crippen LogP contribution in [0.4, 0.5) is 5.69 Å². The minimum atomic E-state index is -0.907. The number of nitrogens with one attached hydrogen (secondary N) is 1. The summed E-state index contributed by atoms with van der Waals surface area (Å²) < 4.78 is 9.66. The Hall–Kier alpha value is -3.55. The molecule has 2 aromatic rings. The van der Waals surface area contributed by atoms with Crippen LogP contribution in [0.5, 0.6) is 11.5 Å². The zero-order valence-corrected chi connectivity index (χ0v) is 13.9. The van der Waals surface area contributed by atoms with Gasteiger partial charge in [0.15, 0.2) is 6.61 Å². The lowest BCUT2D eigenvalue weighted by Crippen LogP contribution is -2.21. The number of phenolic OH excluding ortho intramolecular Hbond substituents is 2. The lowest BCUT2D eigenvalue weighted by Gasteiger charge is -2.08. The molecule has 2 aromatic carbocycles. The Bertz CT molecular complexity index is 815. The molecular formula is C18H17NO7. The van der Waals surface area contributed by atoms with E-state index in [1.54, 1.807) is 6.92 Å². The predicted octanol–water partition coefficient (Wildman–Crippen LogP) is 2.07. The Morgan fingerprint density at radius 2 is 1.65 bits per heavy atom. The Balaban J connectivity index is 1.88. The van der Waals surface area contributed by atoms with Crippen LogP contribution in [0.15, 0.2) is 42.5 Å². The molecule has 1 amide bonds. The van der Waals surface area contributed by atoms with Crippen molar-refractivity contribution in [3.63, 3.8) is 0 Å². The van der Waals surface area contributed by atoms with Gasteiger partial charge in [-0.3, -0.25) is 4.79 Å². The third-order valence-corrected chi connectivity index (χ3v) is 3.22. The zero-order chi connectivity index (χ0) is 19.1. The first kappa shape index (κ1) is 18.8. The van der Waals surface area contributed by atoms with E-state index in [0.29, 0.717) is 11.3 Å². The predicted molar refractivity (Wildman–Crippen MR) is 91.1 cm³/mol. The van der Waals surface area contributed by atoms with E-state index in [1.165, 1.54) is 36.4 Å². The number of ether oxygens (including phenoxy) is 2. The topological polar surface area (TPSA) is 122 Å². The molecule has 3 N–H and O–H groups in total. The smallest absolute Gasteiger partial charge is 0.342 e. The number of rotatable bonds is 6. The molecule has 8 heteroatoms. The molecule has 0 spiro atoms. The van der Waals surface area contributed by atoms with Crippen LogP contribution < -0.4 is 5.32 Å². The van der Waals surface area contributed by atoms with Crippen molar-refractivity contribution < 1.29 is 34.1 Å². The van der Waals surface area contributed by atoms with E-state index in [9.17, 15) is 24.6 Å². The highest BCUT2D eigenvalue weighted by Gasteiger charge is 2.15. The van der Waals surface area contributed by atoms with Gasteiger partial charge in [-0.05, 0) is 43.3 Å².